The van der Waals surface area contributed by atoms with Gasteiger partial charge in [0.05, 0.1) is 13.2 Å². The number of benzene rings is 1. The Morgan fingerprint density at radius 2 is 1.84 bits per heavy atom. The number of hydrogen-bond donors (Lipinski definition) is 2. The van der Waals surface area contributed by atoms with Crippen LogP contribution in [0.25, 0.3) is 10.9 Å². The first-order valence-electron chi connectivity index (χ1n) is 12.3. The second-order valence-corrected chi connectivity index (χ2v) is 8.92. The molecular weight excluding hydrogens is 386 g/mol. The van der Waals surface area contributed by atoms with Crippen LogP contribution in [0, 0.1) is 0 Å². The highest BCUT2D eigenvalue weighted by molar-refractivity contribution is 5.87. The maximum Gasteiger partial charge on any atom is 0.223 e. The number of ether oxygens (including phenoxy) is 1. The van der Waals surface area contributed by atoms with Gasteiger partial charge in [-0.15, -0.1) is 0 Å². The SMILES string of the molecule is CCCCCCCCCCCC(=O)N1CCc2c([nH]c3ccc(OC)cc23)C1CNC. The summed E-state index contributed by atoms with van der Waals surface area (Å²) >= 11 is 0. The van der Waals surface area contributed by atoms with Crippen LogP contribution in [0.3, 0.4) is 0 Å². The molecule has 1 aliphatic rings. The van der Waals surface area contributed by atoms with Crippen LogP contribution in [0.1, 0.15) is 88.4 Å². The van der Waals surface area contributed by atoms with Crippen LogP contribution < -0.4 is 10.1 Å². The van der Waals surface area contributed by atoms with Gasteiger partial charge in [0, 0.05) is 36.1 Å². The Bertz CT molecular complexity index is 829. The van der Waals surface area contributed by atoms with E-state index in [9.17, 15) is 4.79 Å². The van der Waals surface area contributed by atoms with Crippen LogP contribution in [-0.2, 0) is 11.2 Å². The fourth-order valence-corrected chi connectivity index (χ4v) is 4.91. The molecule has 0 saturated carbocycles. The number of carbonyl (C=O) groups is 1. The van der Waals surface area contributed by atoms with E-state index in [2.05, 4.69) is 34.3 Å². The molecule has 2 heterocycles. The smallest absolute Gasteiger partial charge is 0.223 e. The molecule has 1 aromatic heterocycles. The number of fused-ring (bicyclic) bond motifs is 3. The van der Waals surface area contributed by atoms with E-state index in [0.29, 0.717) is 12.3 Å². The van der Waals surface area contributed by atoms with Gasteiger partial charge in [-0.05, 0) is 43.7 Å². The molecule has 1 unspecified atom stereocenters. The van der Waals surface area contributed by atoms with E-state index in [1.807, 2.05) is 13.1 Å². The maximum absolute atomic E-state index is 13.1. The molecule has 2 aromatic rings. The van der Waals surface area contributed by atoms with Gasteiger partial charge in [0.15, 0.2) is 0 Å². The van der Waals surface area contributed by atoms with Crippen molar-refractivity contribution in [2.45, 2.75) is 83.6 Å². The van der Waals surface area contributed by atoms with Crippen LogP contribution in [0.15, 0.2) is 18.2 Å². The predicted octanol–water partition coefficient (Wildman–Crippen LogP) is 5.74. The van der Waals surface area contributed by atoms with Crippen LogP contribution in [-0.4, -0.2) is 43.0 Å². The summed E-state index contributed by atoms with van der Waals surface area (Å²) in [5, 5.41) is 4.52. The minimum Gasteiger partial charge on any atom is -0.497 e. The van der Waals surface area contributed by atoms with E-state index in [-0.39, 0.29) is 6.04 Å². The van der Waals surface area contributed by atoms with Gasteiger partial charge >= 0.3 is 0 Å². The molecule has 0 bridgehead atoms. The molecule has 1 amide bonds. The molecule has 5 heteroatoms. The summed E-state index contributed by atoms with van der Waals surface area (Å²) in [7, 11) is 3.67. The van der Waals surface area contributed by atoms with Gasteiger partial charge in [0.25, 0.3) is 0 Å². The van der Waals surface area contributed by atoms with Crippen molar-refractivity contribution < 1.29 is 9.53 Å². The predicted molar refractivity (Wildman–Crippen MR) is 129 cm³/mol. The molecule has 5 nitrogen and oxygen atoms in total. The van der Waals surface area contributed by atoms with Gasteiger partial charge in [-0.1, -0.05) is 58.3 Å². The monoisotopic (exact) mass is 427 g/mol. The quantitative estimate of drug-likeness (QED) is 0.401. The number of carbonyl (C=O) groups excluding carboxylic acids is 1. The average molecular weight is 428 g/mol. The van der Waals surface area contributed by atoms with E-state index in [4.69, 9.17) is 4.74 Å². The Hall–Kier alpha value is -2.01. The van der Waals surface area contributed by atoms with Gasteiger partial charge < -0.3 is 19.9 Å². The molecule has 31 heavy (non-hydrogen) atoms. The summed E-state index contributed by atoms with van der Waals surface area (Å²) in [5.41, 5.74) is 3.64. The zero-order valence-corrected chi connectivity index (χ0v) is 19.8. The minimum absolute atomic E-state index is 0.0678. The Labute approximate surface area is 187 Å². The lowest BCUT2D eigenvalue weighted by atomic mass is 9.96. The van der Waals surface area contributed by atoms with Crippen molar-refractivity contribution in [1.29, 1.82) is 0 Å². The molecule has 172 valence electrons. The van der Waals surface area contributed by atoms with Crippen LogP contribution in [0.5, 0.6) is 5.75 Å². The molecule has 2 N–H and O–H groups in total. The normalized spacial score (nSPS) is 16.0. The first kappa shape index (κ1) is 23.6. The second kappa shape index (κ2) is 12.1. The first-order chi connectivity index (χ1) is 15.2. The number of methoxy groups -OCH3 is 1. The lowest BCUT2D eigenvalue weighted by molar-refractivity contribution is -0.134. The number of aromatic nitrogens is 1. The summed E-state index contributed by atoms with van der Waals surface area (Å²) in [6.07, 6.45) is 13.1. The standard InChI is InChI=1S/C26H41N3O2/c1-4-5-6-7-8-9-10-11-12-13-25(30)29-17-16-21-22-18-20(31-3)14-15-23(22)28-26(21)24(29)19-27-2/h14-15,18,24,27-28H,4-13,16-17,19H2,1-3H3. The van der Waals surface area contributed by atoms with Crippen molar-refractivity contribution in [1.82, 2.24) is 15.2 Å². The zero-order valence-electron chi connectivity index (χ0n) is 19.8. The molecule has 1 aliphatic heterocycles. The van der Waals surface area contributed by atoms with Crippen LogP contribution in [0.2, 0.25) is 0 Å². The highest BCUT2D eigenvalue weighted by Gasteiger charge is 2.32. The highest BCUT2D eigenvalue weighted by Crippen LogP contribution is 2.36. The summed E-state index contributed by atoms with van der Waals surface area (Å²) in [6, 6.07) is 6.25. The molecule has 0 fully saturated rings. The van der Waals surface area contributed by atoms with E-state index in [1.165, 1.54) is 68.0 Å². The fourth-order valence-electron chi connectivity index (χ4n) is 4.91. The number of amides is 1. The molecule has 1 aromatic carbocycles. The number of aromatic amines is 1. The average Bonchev–Trinajstić information content (AvgIpc) is 3.16. The minimum atomic E-state index is 0.0678. The molecule has 0 saturated heterocycles. The van der Waals surface area contributed by atoms with Crippen molar-refractivity contribution >= 4 is 16.8 Å². The third-order valence-electron chi connectivity index (χ3n) is 6.67. The van der Waals surface area contributed by atoms with Crippen LogP contribution >= 0.6 is 0 Å². The Morgan fingerprint density at radius 3 is 2.52 bits per heavy atom. The Morgan fingerprint density at radius 1 is 1.13 bits per heavy atom. The van der Waals surface area contributed by atoms with E-state index < -0.39 is 0 Å². The summed E-state index contributed by atoms with van der Waals surface area (Å²) in [5.74, 6) is 1.17. The fraction of sp³-hybridized carbons (Fsp3) is 0.654. The van der Waals surface area contributed by atoms with Gasteiger partial charge in [-0.25, -0.2) is 0 Å². The molecule has 0 radical (unpaired) electrons. The Kier molecular flexibility index (Phi) is 9.26. The van der Waals surface area contributed by atoms with Crippen molar-refractivity contribution in [3.05, 3.63) is 29.5 Å². The molecule has 0 spiro atoms. The Balaban J connectivity index is 1.55. The van der Waals surface area contributed by atoms with Crippen molar-refractivity contribution in [3.8, 4) is 5.75 Å². The summed E-state index contributed by atoms with van der Waals surface area (Å²) in [4.78, 5) is 18.8. The molecule has 0 aliphatic carbocycles. The largest absolute Gasteiger partial charge is 0.497 e. The van der Waals surface area contributed by atoms with Gasteiger partial charge in [0.2, 0.25) is 5.91 Å². The zero-order chi connectivity index (χ0) is 22.1. The lowest BCUT2D eigenvalue weighted by Gasteiger charge is -2.36. The van der Waals surface area contributed by atoms with E-state index >= 15 is 0 Å². The van der Waals surface area contributed by atoms with Gasteiger partial charge in [0.1, 0.15) is 5.75 Å². The summed E-state index contributed by atoms with van der Waals surface area (Å²) < 4.78 is 5.42. The van der Waals surface area contributed by atoms with Crippen molar-refractivity contribution in [3.63, 3.8) is 0 Å². The highest BCUT2D eigenvalue weighted by atomic mass is 16.5. The first-order valence-corrected chi connectivity index (χ1v) is 12.3. The number of nitrogens with zero attached hydrogens (tertiary/aromatic N) is 1. The third-order valence-corrected chi connectivity index (χ3v) is 6.67. The van der Waals surface area contributed by atoms with Crippen molar-refractivity contribution in [2.24, 2.45) is 0 Å². The maximum atomic E-state index is 13.1. The van der Waals surface area contributed by atoms with Gasteiger partial charge in [-0.3, -0.25) is 4.79 Å². The summed E-state index contributed by atoms with van der Waals surface area (Å²) in [6.45, 7) is 3.82. The molecule has 3 rings (SSSR count). The number of rotatable bonds is 13. The van der Waals surface area contributed by atoms with E-state index in [1.54, 1.807) is 7.11 Å². The third kappa shape index (κ3) is 6.03. The lowest BCUT2D eigenvalue weighted by Crippen LogP contribution is -2.43. The van der Waals surface area contributed by atoms with Crippen LogP contribution in [0.4, 0.5) is 0 Å². The number of nitrogens with one attached hydrogen (secondary N) is 2. The number of hydrogen-bond acceptors (Lipinski definition) is 3. The molecule has 1 atom stereocenters. The molecular formula is C26H41N3O2. The second-order valence-electron chi connectivity index (χ2n) is 8.92. The van der Waals surface area contributed by atoms with Gasteiger partial charge in [-0.2, -0.15) is 0 Å². The number of unbranched alkanes of at least 4 members (excludes halogenated alkanes) is 8. The van der Waals surface area contributed by atoms with E-state index in [0.717, 1.165) is 37.2 Å². The topological polar surface area (TPSA) is 57.4 Å². The number of H-pyrrole nitrogens is 1. The van der Waals surface area contributed by atoms with Crippen molar-refractivity contribution in [2.75, 3.05) is 27.2 Å². The number of likely N-dealkylation sites (N-methyl/N-ethyl adjacent to an activating group) is 1.